The van der Waals surface area contributed by atoms with Crippen LogP contribution in [-0.4, -0.2) is 24.1 Å². The van der Waals surface area contributed by atoms with Crippen molar-refractivity contribution in [3.63, 3.8) is 0 Å². The molecule has 0 aliphatic carbocycles. The lowest BCUT2D eigenvalue weighted by molar-refractivity contribution is 0.132. The van der Waals surface area contributed by atoms with E-state index < -0.39 is 0 Å². The lowest BCUT2D eigenvalue weighted by atomic mass is 10.4. The molecule has 1 unspecified atom stereocenters. The van der Waals surface area contributed by atoms with Crippen LogP contribution in [0.15, 0.2) is 17.8 Å². The molecule has 0 aromatic rings. The van der Waals surface area contributed by atoms with Gasteiger partial charge in [0.25, 0.3) is 0 Å². The standard InChI is InChI=1S/C6H11NO2/c1-3-6(2)9-5-4-7-8/h3-4,6,8H,1,5H2,2H3/b7-4+. The third kappa shape index (κ3) is 5.03. The number of ether oxygens (including phenoxy) is 1. The van der Waals surface area contributed by atoms with Crippen molar-refractivity contribution in [1.82, 2.24) is 0 Å². The van der Waals surface area contributed by atoms with Crippen LogP contribution in [0.2, 0.25) is 0 Å². The highest BCUT2D eigenvalue weighted by Gasteiger charge is 1.90. The van der Waals surface area contributed by atoms with Gasteiger partial charge in [0.05, 0.1) is 18.9 Å². The molecule has 0 aliphatic heterocycles. The Kier molecular flexibility index (Phi) is 4.82. The van der Waals surface area contributed by atoms with Crippen molar-refractivity contribution in [3.05, 3.63) is 12.7 Å². The predicted molar refractivity (Wildman–Crippen MR) is 35.9 cm³/mol. The van der Waals surface area contributed by atoms with Crippen molar-refractivity contribution in [2.75, 3.05) is 6.61 Å². The second-order valence-corrected chi connectivity index (χ2v) is 1.57. The Morgan fingerprint density at radius 3 is 3.00 bits per heavy atom. The monoisotopic (exact) mass is 129 g/mol. The maximum absolute atomic E-state index is 7.92. The van der Waals surface area contributed by atoms with E-state index in [4.69, 9.17) is 9.94 Å². The topological polar surface area (TPSA) is 41.8 Å². The lowest BCUT2D eigenvalue weighted by Crippen LogP contribution is -2.05. The Hall–Kier alpha value is -0.830. The number of hydrogen-bond acceptors (Lipinski definition) is 3. The van der Waals surface area contributed by atoms with E-state index in [1.54, 1.807) is 6.08 Å². The molecule has 3 nitrogen and oxygen atoms in total. The highest BCUT2D eigenvalue weighted by molar-refractivity contribution is 5.57. The van der Waals surface area contributed by atoms with Gasteiger partial charge in [0.15, 0.2) is 0 Å². The van der Waals surface area contributed by atoms with Gasteiger partial charge in [-0.05, 0) is 6.92 Å². The number of nitrogens with zero attached hydrogens (tertiary/aromatic N) is 1. The first-order valence-electron chi connectivity index (χ1n) is 2.71. The second kappa shape index (κ2) is 5.31. The summed E-state index contributed by atoms with van der Waals surface area (Å²) in [5, 5.41) is 10.7. The van der Waals surface area contributed by atoms with Crippen LogP contribution in [0.1, 0.15) is 6.92 Å². The zero-order valence-corrected chi connectivity index (χ0v) is 5.45. The fraction of sp³-hybridized carbons (Fsp3) is 0.500. The summed E-state index contributed by atoms with van der Waals surface area (Å²) in [6, 6.07) is 0. The van der Waals surface area contributed by atoms with E-state index >= 15 is 0 Å². The van der Waals surface area contributed by atoms with Crippen LogP contribution >= 0.6 is 0 Å². The van der Waals surface area contributed by atoms with Crippen LogP contribution in [0, 0.1) is 0 Å². The quantitative estimate of drug-likeness (QED) is 0.266. The third-order valence-electron chi connectivity index (χ3n) is 0.847. The molecule has 0 aromatic carbocycles. The zero-order chi connectivity index (χ0) is 7.11. The smallest absolute Gasteiger partial charge is 0.0859 e. The van der Waals surface area contributed by atoms with Crippen LogP contribution < -0.4 is 0 Å². The average molecular weight is 129 g/mol. The molecule has 0 fully saturated rings. The van der Waals surface area contributed by atoms with Crippen LogP contribution in [0.4, 0.5) is 0 Å². The van der Waals surface area contributed by atoms with E-state index in [0.29, 0.717) is 6.61 Å². The van der Waals surface area contributed by atoms with Gasteiger partial charge in [-0.1, -0.05) is 11.2 Å². The minimum absolute atomic E-state index is 0.0167. The Balaban J connectivity index is 3.16. The molecule has 0 heterocycles. The summed E-state index contributed by atoms with van der Waals surface area (Å²) >= 11 is 0. The highest BCUT2D eigenvalue weighted by atomic mass is 16.5. The molecule has 1 N–H and O–H groups in total. The first kappa shape index (κ1) is 8.17. The van der Waals surface area contributed by atoms with Crippen LogP contribution in [-0.2, 0) is 4.74 Å². The Morgan fingerprint density at radius 1 is 1.89 bits per heavy atom. The molecule has 9 heavy (non-hydrogen) atoms. The minimum Gasteiger partial charge on any atom is -0.411 e. The molecular formula is C6H11NO2. The van der Waals surface area contributed by atoms with Gasteiger partial charge in [0.2, 0.25) is 0 Å². The predicted octanol–water partition coefficient (Wildman–Crippen LogP) is 1.04. The fourth-order valence-electron chi connectivity index (χ4n) is 0.296. The van der Waals surface area contributed by atoms with Crippen molar-refractivity contribution in [2.45, 2.75) is 13.0 Å². The van der Waals surface area contributed by atoms with Crippen molar-refractivity contribution < 1.29 is 9.94 Å². The Labute approximate surface area is 54.6 Å². The van der Waals surface area contributed by atoms with E-state index in [0.717, 1.165) is 0 Å². The molecule has 0 saturated heterocycles. The summed E-state index contributed by atoms with van der Waals surface area (Å²) in [5.74, 6) is 0. The van der Waals surface area contributed by atoms with E-state index in [2.05, 4.69) is 11.7 Å². The largest absolute Gasteiger partial charge is 0.411 e. The van der Waals surface area contributed by atoms with Gasteiger partial charge in [0.1, 0.15) is 0 Å². The van der Waals surface area contributed by atoms with Crippen molar-refractivity contribution in [3.8, 4) is 0 Å². The summed E-state index contributed by atoms with van der Waals surface area (Å²) in [6.45, 7) is 5.69. The molecule has 0 spiro atoms. The van der Waals surface area contributed by atoms with Gasteiger partial charge in [-0.25, -0.2) is 0 Å². The zero-order valence-electron chi connectivity index (χ0n) is 5.45. The van der Waals surface area contributed by atoms with Gasteiger partial charge >= 0.3 is 0 Å². The molecule has 0 saturated carbocycles. The number of rotatable bonds is 4. The Morgan fingerprint density at radius 2 is 2.56 bits per heavy atom. The first-order chi connectivity index (χ1) is 4.31. The maximum Gasteiger partial charge on any atom is 0.0859 e. The SMILES string of the molecule is C=CC(C)OC/C=N/O. The molecule has 0 rings (SSSR count). The van der Waals surface area contributed by atoms with Crippen molar-refractivity contribution >= 4 is 6.21 Å². The lowest BCUT2D eigenvalue weighted by Gasteiger charge is -2.02. The molecule has 1 atom stereocenters. The maximum atomic E-state index is 7.92. The minimum atomic E-state index is 0.0167. The molecule has 3 heteroatoms. The molecule has 0 aliphatic rings. The van der Waals surface area contributed by atoms with Crippen molar-refractivity contribution in [2.24, 2.45) is 5.16 Å². The summed E-state index contributed by atoms with van der Waals surface area (Å²) in [6.07, 6.45) is 2.97. The van der Waals surface area contributed by atoms with Crippen LogP contribution in [0.5, 0.6) is 0 Å². The third-order valence-corrected chi connectivity index (χ3v) is 0.847. The summed E-state index contributed by atoms with van der Waals surface area (Å²) in [5.41, 5.74) is 0. The van der Waals surface area contributed by atoms with E-state index in [1.165, 1.54) is 6.21 Å². The van der Waals surface area contributed by atoms with Gasteiger partial charge < -0.3 is 9.94 Å². The second-order valence-electron chi connectivity index (χ2n) is 1.57. The number of oxime groups is 1. The van der Waals surface area contributed by atoms with E-state index in [1.807, 2.05) is 6.92 Å². The van der Waals surface area contributed by atoms with Gasteiger partial charge in [-0.15, -0.1) is 6.58 Å². The molecule has 0 amide bonds. The molecule has 0 radical (unpaired) electrons. The van der Waals surface area contributed by atoms with Gasteiger partial charge in [0, 0.05) is 0 Å². The fourth-order valence-corrected chi connectivity index (χ4v) is 0.296. The first-order valence-corrected chi connectivity index (χ1v) is 2.71. The summed E-state index contributed by atoms with van der Waals surface area (Å²) in [4.78, 5) is 0. The normalized spacial score (nSPS) is 13.9. The van der Waals surface area contributed by atoms with E-state index in [-0.39, 0.29) is 6.10 Å². The van der Waals surface area contributed by atoms with E-state index in [9.17, 15) is 0 Å². The molecule has 0 bridgehead atoms. The molecule has 52 valence electrons. The van der Waals surface area contributed by atoms with Gasteiger partial charge in [-0.3, -0.25) is 0 Å². The van der Waals surface area contributed by atoms with Crippen molar-refractivity contribution in [1.29, 1.82) is 0 Å². The number of hydrogen-bond donors (Lipinski definition) is 1. The van der Waals surface area contributed by atoms with Crippen LogP contribution in [0.3, 0.4) is 0 Å². The molecule has 0 aromatic heterocycles. The average Bonchev–Trinajstić information content (AvgIpc) is 1.89. The molecular weight excluding hydrogens is 118 g/mol. The highest BCUT2D eigenvalue weighted by Crippen LogP contribution is 1.87. The summed E-state index contributed by atoms with van der Waals surface area (Å²) < 4.78 is 5.00. The Bertz CT molecular complexity index is 101. The van der Waals surface area contributed by atoms with Gasteiger partial charge in [-0.2, -0.15) is 0 Å². The summed E-state index contributed by atoms with van der Waals surface area (Å²) in [7, 11) is 0. The van der Waals surface area contributed by atoms with Crippen LogP contribution in [0.25, 0.3) is 0 Å².